The second-order valence-corrected chi connectivity index (χ2v) is 7.66. The normalized spacial score (nSPS) is 22.9. The first kappa shape index (κ1) is 15.7. The smallest absolute Gasteiger partial charge is 0.236 e. The van der Waals surface area contributed by atoms with E-state index in [1.54, 1.807) is 0 Å². The predicted molar refractivity (Wildman–Crippen MR) is 77.9 cm³/mol. The first-order valence-corrected chi connectivity index (χ1v) is 9.30. The molecule has 0 atom stereocenters. The van der Waals surface area contributed by atoms with Crippen LogP contribution in [-0.4, -0.2) is 69.1 Å². The summed E-state index contributed by atoms with van der Waals surface area (Å²) in [5.74, 6) is 0.222. The zero-order valence-electron chi connectivity index (χ0n) is 12.2. The molecule has 1 amide bonds. The first-order valence-electron chi connectivity index (χ1n) is 7.41. The van der Waals surface area contributed by atoms with E-state index in [1.807, 2.05) is 4.90 Å². The number of hydrogen-bond acceptors (Lipinski definition) is 4. The minimum absolute atomic E-state index is 0.0198. The van der Waals surface area contributed by atoms with Crippen LogP contribution in [0.15, 0.2) is 0 Å². The Morgan fingerprint density at radius 2 is 1.70 bits per heavy atom. The first-order chi connectivity index (χ1) is 9.44. The fraction of sp³-hybridized carbons (Fsp3) is 0.923. The lowest BCUT2D eigenvalue weighted by Crippen LogP contribution is -2.48. The van der Waals surface area contributed by atoms with Crippen molar-refractivity contribution < 1.29 is 13.2 Å². The highest BCUT2D eigenvalue weighted by Gasteiger charge is 2.24. The van der Waals surface area contributed by atoms with Crippen LogP contribution in [0.2, 0.25) is 0 Å². The Bertz CT molecular complexity index is 424. The predicted octanol–water partition coefficient (Wildman–Crippen LogP) is 0.0125. The van der Waals surface area contributed by atoms with Crippen LogP contribution in [0.3, 0.4) is 0 Å². The summed E-state index contributed by atoms with van der Waals surface area (Å²) in [4.78, 5) is 16.2. The summed E-state index contributed by atoms with van der Waals surface area (Å²) >= 11 is 0. The Balaban J connectivity index is 1.72. The van der Waals surface area contributed by atoms with Gasteiger partial charge >= 0.3 is 0 Å². The van der Waals surface area contributed by atoms with Crippen molar-refractivity contribution in [2.45, 2.75) is 38.1 Å². The molecule has 2 saturated heterocycles. The zero-order valence-corrected chi connectivity index (χ0v) is 13.0. The van der Waals surface area contributed by atoms with Crippen molar-refractivity contribution in [1.29, 1.82) is 0 Å². The maximum absolute atomic E-state index is 12.1. The number of hydrogen-bond donors (Lipinski definition) is 1. The van der Waals surface area contributed by atoms with Crippen molar-refractivity contribution in [3.05, 3.63) is 0 Å². The number of carbonyl (C=O) groups excluding carboxylic acids is 1. The molecule has 7 heteroatoms. The maximum Gasteiger partial charge on any atom is 0.236 e. The second kappa shape index (κ2) is 6.87. The average molecular weight is 303 g/mol. The van der Waals surface area contributed by atoms with Crippen molar-refractivity contribution in [3.63, 3.8) is 0 Å². The Labute approximate surface area is 121 Å². The van der Waals surface area contributed by atoms with E-state index in [-0.39, 0.29) is 11.9 Å². The molecule has 0 aromatic rings. The quantitative estimate of drug-likeness (QED) is 0.794. The standard InChI is InChI=1S/C13H25N3O3S/c1-20(18,19)14-12-5-9-15(10-6-12)11-13(17)16-7-3-2-4-8-16/h12,14H,2-11H2,1H3. The average Bonchev–Trinajstić information content (AvgIpc) is 2.40. The third-order valence-corrected chi connectivity index (χ3v) is 4.80. The number of likely N-dealkylation sites (tertiary alicyclic amines) is 2. The number of nitrogens with zero attached hydrogens (tertiary/aromatic N) is 2. The van der Waals surface area contributed by atoms with Crippen molar-refractivity contribution >= 4 is 15.9 Å². The van der Waals surface area contributed by atoms with Crippen molar-refractivity contribution in [2.75, 3.05) is 39.0 Å². The van der Waals surface area contributed by atoms with E-state index in [4.69, 9.17) is 0 Å². The highest BCUT2D eigenvalue weighted by molar-refractivity contribution is 7.88. The van der Waals surface area contributed by atoms with E-state index in [0.29, 0.717) is 6.54 Å². The molecule has 0 saturated carbocycles. The Hall–Kier alpha value is -0.660. The van der Waals surface area contributed by atoms with Crippen LogP contribution >= 0.6 is 0 Å². The highest BCUT2D eigenvalue weighted by Crippen LogP contribution is 2.13. The van der Waals surface area contributed by atoms with Crippen LogP contribution in [0.25, 0.3) is 0 Å². The second-order valence-electron chi connectivity index (χ2n) is 5.88. The fourth-order valence-electron chi connectivity index (χ4n) is 2.95. The number of amides is 1. The summed E-state index contributed by atoms with van der Waals surface area (Å²) in [5, 5.41) is 0. The molecule has 2 fully saturated rings. The van der Waals surface area contributed by atoms with Gasteiger partial charge in [0.15, 0.2) is 0 Å². The Kier molecular flexibility index (Phi) is 5.40. The van der Waals surface area contributed by atoms with Crippen LogP contribution in [0.5, 0.6) is 0 Å². The number of carbonyl (C=O) groups is 1. The summed E-state index contributed by atoms with van der Waals surface area (Å²) in [6, 6.07) is 0.0198. The molecule has 2 heterocycles. The molecule has 0 bridgehead atoms. The molecule has 0 spiro atoms. The minimum atomic E-state index is -3.13. The molecule has 0 aromatic carbocycles. The minimum Gasteiger partial charge on any atom is -0.342 e. The Morgan fingerprint density at radius 1 is 1.10 bits per heavy atom. The van der Waals surface area contributed by atoms with E-state index >= 15 is 0 Å². The third-order valence-electron chi connectivity index (χ3n) is 4.04. The molecule has 2 aliphatic heterocycles. The van der Waals surface area contributed by atoms with Crippen molar-refractivity contribution in [2.24, 2.45) is 0 Å². The fourth-order valence-corrected chi connectivity index (χ4v) is 3.79. The molecular formula is C13H25N3O3S. The van der Waals surface area contributed by atoms with E-state index in [9.17, 15) is 13.2 Å². The van der Waals surface area contributed by atoms with E-state index in [2.05, 4.69) is 9.62 Å². The molecule has 20 heavy (non-hydrogen) atoms. The molecule has 0 unspecified atom stereocenters. The van der Waals surface area contributed by atoms with Gasteiger partial charge in [-0.05, 0) is 32.1 Å². The molecule has 1 N–H and O–H groups in total. The Morgan fingerprint density at radius 3 is 2.25 bits per heavy atom. The topological polar surface area (TPSA) is 69.7 Å². The summed E-state index contributed by atoms with van der Waals surface area (Å²) < 4.78 is 25.0. The van der Waals surface area contributed by atoms with Gasteiger partial charge in [0.1, 0.15) is 0 Å². The van der Waals surface area contributed by atoms with Crippen LogP contribution in [0.4, 0.5) is 0 Å². The van der Waals surface area contributed by atoms with Gasteiger partial charge in [-0.3, -0.25) is 9.69 Å². The lowest BCUT2D eigenvalue weighted by molar-refractivity contribution is -0.133. The molecule has 0 aliphatic carbocycles. The molecule has 2 rings (SSSR count). The number of nitrogens with one attached hydrogen (secondary N) is 1. The number of rotatable bonds is 4. The van der Waals surface area contributed by atoms with Crippen LogP contribution in [0.1, 0.15) is 32.1 Å². The van der Waals surface area contributed by atoms with E-state index in [0.717, 1.165) is 51.9 Å². The largest absolute Gasteiger partial charge is 0.342 e. The summed E-state index contributed by atoms with van der Waals surface area (Å²) in [5.41, 5.74) is 0. The summed E-state index contributed by atoms with van der Waals surface area (Å²) in [6.07, 6.45) is 6.21. The van der Waals surface area contributed by atoms with Crippen LogP contribution < -0.4 is 4.72 Å². The van der Waals surface area contributed by atoms with Crippen molar-refractivity contribution in [1.82, 2.24) is 14.5 Å². The summed E-state index contributed by atoms with van der Waals surface area (Å²) in [6.45, 7) is 3.83. The van der Waals surface area contributed by atoms with Gasteiger partial charge in [0.05, 0.1) is 12.8 Å². The number of sulfonamides is 1. The van der Waals surface area contributed by atoms with Gasteiger partial charge in [-0.1, -0.05) is 0 Å². The van der Waals surface area contributed by atoms with Gasteiger partial charge in [-0.2, -0.15) is 0 Å². The van der Waals surface area contributed by atoms with E-state index in [1.165, 1.54) is 12.7 Å². The van der Waals surface area contributed by atoms with Crippen molar-refractivity contribution in [3.8, 4) is 0 Å². The molecule has 6 nitrogen and oxygen atoms in total. The van der Waals surface area contributed by atoms with Gasteiger partial charge < -0.3 is 4.90 Å². The van der Waals surface area contributed by atoms with Gasteiger partial charge in [0.2, 0.25) is 15.9 Å². The van der Waals surface area contributed by atoms with Crippen LogP contribution in [-0.2, 0) is 14.8 Å². The SMILES string of the molecule is CS(=O)(=O)NC1CCN(CC(=O)N2CCCCC2)CC1. The van der Waals surface area contributed by atoms with Gasteiger partial charge in [0, 0.05) is 32.2 Å². The van der Waals surface area contributed by atoms with Crippen LogP contribution in [0, 0.1) is 0 Å². The maximum atomic E-state index is 12.1. The molecule has 0 aromatic heterocycles. The third kappa shape index (κ3) is 5.03. The monoisotopic (exact) mass is 303 g/mol. The van der Waals surface area contributed by atoms with Gasteiger partial charge in [-0.15, -0.1) is 0 Å². The van der Waals surface area contributed by atoms with Gasteiger partial charge in [-0.25, -0.2) is 13.1 Å². The van der Waals surface area contributed by atoms with E-state index < -0.39 is 10.0 Å². The molecular weight excluding hydrogens is 278 g/mol. The lowest BCUT2D eigenvalue weighted by Gasteiger charge is -2.34. The van der Waals surface area contributed by atoms with Gasteiger partial charge in [0.25, 0.3) is 0 Å². The lowest BCUT2D eigenvalue weighted by atomic mass is 10.1. The summed E-state index contributed by atoms with van der Waals surface area (Å²) in [7, 11) is -3.13. The molecule has 0 radical (unpaired) electrons. The zero-order chi connectivity index (χ0) is 14.6. The highest BCUT2D eigenvalue weighted by atomic mass is 32.2. The molecule has 2 aliphatic rings. The number of piperidine rings is 2. The molecule has 116 valence electrons.